The third-order valence-corrected chi connectivity index (χ3v) is 6.16. The molecule has 0 atom stereocenters. The number of thiocarbonyl (C=S) groups is 1. The van der Waals surface area contributed by atoms with Gasteiger partial charge in [-0.2, -0.15) is 0 Å². The molecule has 0 radical (unpaired) electrons. The van der Waals surface area contributed by atoms with Gasteiger partial charge < -0.3 is 16.4 Å². The molecule has 1 aliphatic rings. The van der Waals surface area contributed by atoms with Gasteiger partial charge in [0, 0.05) is 41.2 Å². The lowest BCUT2D eigenvalue weighted by molar-refractivity contribution is 0.459. The molecule has 3 heterocycles. The molecule has 0 spiro atoms. The molecule has 1 aromatic carbocycles. The van der Waals surface area contributed by atoms with E-state index in [2.05, 4.69) is 65.6 Å². The normalized spacial score (nSPS) is 13.1. The quantitative estimate of drug-likeness (QED) is 0.401. The highest BCUT2D eigenvalue weighted by atomic mass is 32.1. The maximum Gasteiger partial charge on any atom is 0.227 e. The maximum absolute atomic E-state index is 6.12. The summed E-state index contributed by atoms with van der Waals surface area (Å²) in [6.07, 6.45) is 8.32. The van der Waals surface area contributed by atoms with Gasteiger partial charge in [0.25, 0.3) is 0 Å². The van der Waals surface area contributed by atoms with Gasteiger partial charge in [-0.15, -0.1) is 0 Å². The average molecular weight is 461 g/mol. The number of benzene rings is 1. The molecule has 0 aliphatic carbocycles. The Bertz CT molecular complexity index is 1180. The molecule has 1 aliphatic heterocycles. The second-order valence-electron chi connectivity index (χ2n) is 9.47. The van der Waals surface area contributed by atoms with Crippen molar-refractivity contribution in [1.29, 1.82) is 0 Å². The van der Waals surface area contributed by atoms with Crippen LogP contribution < -0.4 is 16.4 Å². The molecule has 172 valence electrons. The predicted octanol–water partition coefficient (Wildman–Crippen LogP) is 5.51. The van der Waals surface area contributed by atoms with E-state index in [4.69, 9.17) is 22.9 Å². The van der Waals surface area contributed by atoms with Crippen LogP contribution in [0.1, 0.15) is 56.0 Å². The Kier molecular flexibility index (Phi) is 6.72. The first kappa shape index (κ1) is 23.3. The number of hydrogen-bond acceptors (Lipinski definition) is 6. The minimum Gasteiger partial charge on any atom is -0.349 e. The number of aromatic nitrogens is 3. The van der Waals surface area contributed by atoms with Crippen LogP contribution in [0.2, 0.25) is 0 Å². The molecule has 0 bridgehead atoms. The van der Waals surface area contributed by atoms with Gasteiger partial charge in [-0.3, -0.25) is 4.98 Å². The summed E-state index contributed by atoms with van der Waals surface area (Å²) in [5, 5.41) is 6.78. The van der Waals surface area contributed by atoms with Crippen molar-refractivity contribution in [3.8, 4) is 11.3 Å². The summed E-state index contributed by atoms with van der Waals surface area (Å²) in [5.41, 5.74) is 14.2. The van der Waals surface area contributed by atoms with Gasteiger partial charge in [-0.25, -0.2) is 9.97 Å². The Labute approximate surface area is 201 Å². The zero-order chi connectivity index (χ0) is 23.6. The number of rotatable bonds is 7. The van der Waals surface area contributed by atoms with Crippen molar-refractivity contribution in [3.63, 3.8) is 0 Å². The number of nitrogens with zero attached hydrogens (tertiary/aromatic N) is 3. The fourth-order valence-electron chi connectivity index (χ4n) is 4.03. The molecule has 0 saturated carbocycles. The lowest BCUT2D eigenvalue weighted by atomic mass is 9.97. The molecule has 4 rings (SSSR count). The van der Waals surface area contributed by atoms with Crippen molar-refractivity contribution >= 4 is 34.5 Å². The van der Waals surface area contributed by atoms with Gasteiger partial charge >= 0.3 is 0 Å². The van der Waals surface area contributed by atoms with Gasteiger partial charge in [0.05, 0.1) is 22.1 Å². The predicted molar refractivity (Wildman–Crippen MR) is 140 cm³/mol. The van der Waals surface area contributed by atoms with Crippen LogP contribution in [-0.4, -0.2) is 25.5 Å². The van der Waals surface area contributed by atoms with Crippen molar-refractivity contribution in [2.75, 3.05) is 10.6 Å². The second kappa shape index (κ2) is 9.53. The van der Waals surface area contributed by atoms with E-state index in [-0.39, 0.29) is 5.54 Å². The SMILES string of the molecule is CCc1ccc2c(c1)NC(=S)Cc1cnc(Nc3cc(CCCC(C)(C)N)cnc3C)nc1-2. The number of hydrogen-bond donors (Lipinski definition) is 3. The minimum atomic E-state index is -0.153. The molecule has 0 fully saturated rings. The molecule has 0 saturated heterocycles. The van der Waals surface area contributed by atoms with E-state index in [1.54, 1.807) is 0 Å². The van der Waals surface area contributed by atoms with E-state index in [9.17, 15) is 0 Å². The van der Waals surface area contributed by atoms with Crippen LogP contribution in [0.25, 0.3) is 11.3 Å². The highest BCUT2D eigenvalue weighted by Crippen LogP contribution is 2.34. The van der Waals surface area contributed by atoms with E-state index in [0.29, 0.717) is 12.4 Å². The Morgan fingerprint density at radius 3 is 2.73 bits per heavy atom. The summed E-state index contributed by atoms with van der Waals surface area (Å²) >= 11 is 5.55. The molecule has 33 heavy (non-hydrogen) atoms. The zero-order valence-electron chi connectivity index (χ0n) is 19.8. The summed E-state index contributed by atoms with van der Waals surface area (Å²) in [6.45, 7) is 8.26. The topological polar surface area (TPSA) is 88.8 Å². The number of nitrogens with two attached hydrogens (primary N) is 1. The van der Waals surface area contributed by atoms with E-state index in [1.165, 1.54) is 11.1 Å². The van der Waals surface area contributed by atoms with E-state index < -0.39 is 0 Å². The first-order valence-electron chi connectivity index (χ1n) is 11.5. The fraction of sp³-hybridized carbons (Fsp3) is 0.385. The molecule has 6 nitrogen and oxygen atoms in total. The molecule has 0 amide bonds. The fourth-order valence-corrected chi connectivity index (χ4v) is 4.29. The number of fused-ring (bicyclic) bond motifs is 3. The third kappa shape index (κ3) is 5.72. The summed E-state index contributed by atoms with van der Waals surface area (Å²) < 4.78 is 0. The first-order valence-corrected chi connectivity index (χ1v) is 11.9. The molecular weight excluding hydrogens is 428 g/mol. The Hall–Kier alpha value is -2.90. The summed E-state index contributed by atoms with van der Waals surface area (Å²) in [7, 11) is 0. The Morgan fingerprint density at radius 2 is 1.97 bits per heavy atom. The number of anilines is 3. The van der Waals surface area contributed by atoms with Gasteiger partial charge in [-0.05, 0) is 69.7 Å². The largest absolute Gasteiger partial charge is 0.349 e. The molecule has 4 N–H and O–H groups in total. The smallest absolute Gasteiger partial charge is 0.227 e. The van der Waals surface area contributed by atoms with Crippen molar-refractivity contribution < 1.29 is 0 Å². The number of pyridine rings is 1. The molecule has 0 unspecified atom stereocenters. The number of aryl methyl sites for hydroxylation is 3. The third-order valence-electron chi connectivity index (χ3n) is 5.91. The van der Waals surface area contributed by atoms with Crippen molar-refractivity contribution in [2.45, 2.75) is 65.3 Å². The zero-order valence-corrected chi connectivity index (χ0v) is 20.6. The van der Waals surface area contributed by atoms with Crippen molar-refractivity contribution in [3.05, 3.63) is 59.0 Å². The summed E-state index contributed by atoms with van der Waals surface area (Å²) in [5.74, 6) is 0.553. The maximum atomic E-state index is 6.12. The summed E-state index contributed by atoms with van der Waals surface area (Å²) in [4.78, 5) is 14.8. The van der Waals surface area contributed by atoms with Crippen LogP contribution in [0.4, 0.5) is 17.3 Å². The Morgan fingerprint density at radius 1 is 1.15 bits per heavy atom. The number of nitrogens with one attached hydrogen (secondary N) is 2. The Balaban J connectivity index is 1.61. The molecule has 7 heteroatoms. The monoisotopic (exact) mass is 460 g/mol. The van der Waals surface area contributed by atoms with E-state index in [0.717, 1.165) is 64.6 Å². The van der Waals surface area contributed by atoms with Gasteiger partial charge in [-0.1, -0.05) is 31.3 Å². The van der Waals surface area contributed by atoms with Crippen LogP contribution in [0.5, 0.6) is 0 Å². The second-order valence-corrected chi connectivity index (χ2v) is 9.96. The van der Waals surface area contributed by atoms with Gasteiger partial charge in [0.15, 0.2) is 0 Å². The van der Waals surface area contributed by atoms with Crippen molar-refractivity contribution in [2.24, 2.45) is 5.73 Å². The average Bonchev–Trinajstić information content (AvgIpc) is 2.89. The van der Waals surface area contributed by atoms with Crippen LogP contribution in [-0.2, 0) is 19.3 Å². The minimum absolute atomic E-state index is 0.153. The highest BCUT2D eigenvalue weighted by Gasteiger charge is 2.20. The van der Waals surface area contributed by atoms with Crippen molar-refractivity contribution in [1.82, 2.24) is 15.0 Å². The highest BCUT2D eigenvalue weighted by molar-refractivity contribution is 7.80. The molecular formula is C26H32N6S. The standard InChI is InChI=1S/C26H32N6S/c1-5-17-8-9-20-22(11-17)30-23(33)13-19-15-29-25(32-24(19)20)31-21-12-18(14-28-16(21)2)7-6-10-26(3,4)27/h8-9,11-12,14-15H,5-7,10,13,27H2,1-4H3,(H,30,33)(H,29,31,32). The van der Waals surface area contributed by atoms with Gasteiger partial charge in [0.2, 0.25) is 5.95 Å². The van der Waals surface area contributed by atoms with E-state index >= 15 is 0 Å². The van der Waals surface area contributed by atoms with Crippen LogP contribution in [0.3, 0.4) is 0 Å². The lowest BCUT2D eigenvalue weighted by Crippen LogP contribution is -2.31. The van der Waals surface area contributed by atoms with Crippen LogP contribution >= 0.6 is 12.2 Å². The first-order chi connectivity index (χ1) is 15.7. The summed E-state index contributed by atoms with van der Waals surface area (Å²) in [6, 6.07) is 8.57. The van der Waals surface area contributed by atoms with E-state index in [1.807, 2.05) is 19.3 Å². The van der Waals surface area contributed by atoms with Gasteiger partial charge in [0.1, 0.15) is 0 Å². The molecule has 2 aromatic heterocycles. The van der Waals surface area contributed by atoms with Crippen LogP contribution in [0.15, 0.2) is 36.7 Å². The molecule has 3 aromatic rings. The van der Waals surface area contributed by atoms with Crippen LogP contribution in [0, 0.1) is 6.92 Å². The lowest BCUT2D eigenvalue weighted by Gasteiger charge is -2.18.